The lowest BCUT2D eigenvalue weighted by molar-refractivity contribution is -0.113. The van der Waals surface area contributed by atoms with Gasteiger partial charge in [0, 0.05) is 10.9 Å². The normalized spacial score (nSPS) is 11.1. The lowest BCUT2D eigenvalue weighted by atomic mass is 10.2. The molecule has 0 unspecified atom stereocenters. The van der Waals surface area contributed by atoms with Crippen molar-refractivity contribution in [2.24, 2.45) is 0 Å². The number of thioether (sulfide) groups is 1. The topological polar surface area (TPSA) is 70.7 Å². The first kappa shape index (κ1) is 15.6. The number of hydrogen-bond acceptors (Lipinski definition) is 4. The summed E-state index contributed by atoms with van der Waals surface area (Å²) in [4.78, 5) is 24.0. The SMILES string of the molecule is O=C(CSc1ncnc2c1[nH]c1ccccc12)Nc1ccccc1F. The highest BCUT2D eigenvalue weighted by Crippen LogP contribution is 2.29. The monoisotopic (exact) mass is 352 g/mol. The van der Waals surface area contributed by atoms with Crippen molar-refractivity contribution in [2.75, 3.05) is 11.1 Å². The summed E-state index contributed by atoms with van der Waals surface area (Å²) in [5.41, 5.74) is 2.76. The summed E-state index contributed by atoms with van der Waals surface area (Å²) in [6.45, 7) is 0. The van der Waals surface area contributed by atoms with E-state index in [4.69, 9.17) is 0 Å². The van der Waals surface area contributed by atoms with Gasteiger partial charge in [0.2, 0.25) is 5.91 Å². The van der Waals surface area contributed by atoms with Gasteiger partial charge in [-0.3, -0.25) is 4.79 Å². The number of hydrogen-bond donors (Lipinski definition) is 2. The molecule has 4 rings (SSSR count). The van der Waals surface area contributed by atoms with Crippen molar-refractivity contribution in [1.82, 2.24) is 15.0 Å². The molecule has 124 valence electrons. The fraction of sp³-hybridized carbons (Fsp3) is 0.0556. The third-order valence-corrected chi connectivity index (χ3v) is 4.73. The summed E-state index contributed by atoms with van der Waals surface area (Å²) >= 11 is 1.28. The van der Waals surface area contributed by atoms with E-state index >= 15 is 0 Å². The van der Waals surface area contributed by atoms with E-state index in [1.165, 1.54) is 30.2 Å². The number of aromatic nitrogens is 3. The number of anilines is 1. The number of rotatable bonds is 4. The van der Waals surface area contributed by atoms with Crippen LogP contribution in [0.3, 0.4) is 0 Å². The van der Waals surface area contributed by atoms with Crippen molar-refractivity contribution < 1.29 is 9.18 Å². The van der Waals surface area contributed by atoms with E-state index < -0.39 is 5.82 Å². The average Bonchev–Trinajstić information content (AvgIpc) is 3.01. The number of halogens is 1. The van der Waals surface area contributed by atoms with Crippen molar-refractivity contribution >= 4 is 45.3 Å². The highest BCUT2D eigenvalue weighted by molar-refractivity contribution is 8.00. The van der Waals surface area contributed by atoms with Crippen LogP contribution in [0.1, 0.15) is 0 Å². The molecule has 0 fully saturated rings. The highest BCUT2D eigenvalue weighted by Gasteiger charge is 2.13. The molecule has 0 aliphatic heterocycles. The molecule has 1 amide bonds. The minimum Gasteiger partial charge on any atom is -0.351 e. The molecular weight excluding hydrogens is 339 g/mol. The molecule has 4 aromatic rings. The Bertz CT molecular complexity index is 1080. The number of amides is 1. The van der Waals surface area contributed by atoms with Crippen molar-refractivity contribution in [3.8, 4) is 0 Å². The third-order valence-electron chi connectivity index (χ3n) is 3.74. The standard InChI is InChI=1S/C18H13FN4OS/c19-12-6-2-4-8-14(12)22-15(24)9-25-18-17-16(20-10-21-18)11-5-1-3-7-13(11)23-17/h1-8,10,23H,9H2,(H,22,24). The second-order valence-corrected chi connectivity index (χ2v) is 6.35. The van der Waals surface area contributed by atoms with Crippen molar-refractivity contribution in [2.45, 2.75) is 5.03 Å². The summed E-state index contributed by atoms with van der Waals surface area (Å²) in [6, 6.07) is 13.9. The number of fused-ring (bicyclic) bond motifs is 3. The maximum atomic E-state index is 13.6. The predicted molar refractivity (Wildman–Crippen MR) is 97.1 cm³/mol. The van der Waals surface area contributed by atoms with E-state index in [9.17, 15) is 9.18 Å². The van der Waals surface area contributed by atoms with Crippen molar-refractivity contribution in [1.29, 1.82) is 0 Å². The Labute approximate surface area is 146 Å². The predicted octanol–water partition coefficient (Wildman–Crippen LogP) is 3.98. The molecule has 0 saturated carbocycles. The Morgan fingerprint density at radius 1 is 1.12 bits per heavy atom. The van der Waals surface area contributed by atoms with E-state index in [0.29, 0.717) is 5.03 Å². The van der Waals surface area contributed by atoms with Gasteiger partial charge in [-0.2, -0.15) is 0 Å². The Morgan fingerprint density at radius 3 is 2.80 bits per heavy atom. The number of nitrogens with one attached hydrogen (secondary N) is 2. The molecule has 5 nitrogen and oxygen atoms in total. The smallest absolute Gasteiger partial charge is 0.234 e. The zero-order valence-corrected chi connectivity index (χ0v) is 13.8. The van der Waals surface area contributed by atoms with Gasteiger partial charge in [0.1, 0.15) is 22.7 Å². The number of H-pyrrole nitrogens is 1. The van der Waals surface area contributed by atoms with Crippen LogP contribution in [0.15, 0.2) is 59.9 Å². The minimum atomic E-state index is -0.458. The number of para-hydroxylation sites is 2. The van der Waals surface area contributed by atoms with E-state index in [-0.39, 0.29) is 17.3 Å². The fourth-order valence-corrected chi connectivity index (χ4v) is 3.37. The Hall–Kier alpha value is -2.93. The average molecular weight is 352 g/mol. The number of nitrogens with zero attached hydrogens (tertiary/aromatic N) is 2. The molecule has 2 aromatic carbocycles. The van der Waals surface area contributed by atoms with Gasteiger partial charge in [-0.25, -0.2) is 14.4 Å². The zero-order valence-electron chi connectivity index (χ0n) is 13.0. The molecule has 2 N–H and O–H groups in total. The molecule has 0 aliphatic carbocycles. The van der Waals surface area contributed by atoms with Crippen LogP contribution in [0.4, 0.5) is 10.1 Å². The fourth-order valence-electron chi connectivity index (χ4n) is 2.61. The largest absolute Gasteiger partial charge is 0.351 e. The van der Waals surface area contributed by atoms with Gasteiger partial charge in [0.05, 0.1) is 17.0 Å². The number of carbonyl (C=O) groups is 1. The van der Waals surface area contributed by atoms with Crippen LogP contribution in [0.5, 0.6) is 0 Å². The quantitative estimate of drug-likeness (QED) is 0.430. The Kier molecular flexibility index (Phi) is 4.07. The first-order valence-electron chi connectivity index (χ1n) is 7.61. The van der Waals surface area contributed by atoms with E-state index in [1.807, 2.05) is 24.3 Å². The maximum absolute atomic E-state index is 13.6. The Morgan fingerprint density at radius 2 is 1.92 bits per heavy atom. The van der Waals surface area contributed by atoms with Gasteiger partial charge in [-0.05, 0) is 18.2 Å². The number of aromatic amines is 1. The van der Waals surface area contributed by atoms with Crippen molar-refractivity contribution in [3.63, 3.8) is 0 Å². The molecule has 0 bridgehead atoms. The molecule has 0 aliphatic rings. The summed E-state index contributed by atoms with van der Waals surface area (Å²) in [6.07, 6.45) is 1.49. The van der Waals surface area contributed by atoms with Crippen LogP contribution in [-0.2, 0) is 4.79 Å². The third kappa shape index (κ3) is 3.06. The van der Waals surface area contributed by atoms with Crippen LogP contribution >= 0.6 is 11.8 Å². The molecule has 0 radical (unpaired) electrons. The molecule has 0 atom stereocenters. The van der Waals surface area contributed by atoms with Gasteiger partial charge in [0.15, 0.2) is 0 Å². The summed E-state index contributed by atoms with van der Waals surface area (Å²) in [5, 5.41) is 4.26. The molecule has 2 aromatic heterocycles. The molecule has 2 heterocycles. The molecule has 0 saturated heterocycles. The summed E-state index contributed by atoms with van der Waals surface area (Å²) in [7, 11) is 0. The summed E-state index contributed by atoms with van der Waals surface area (Å²) in [5.74, 6) is -0.630. The second-order valence-electron chi connectivity index (χ2n) is 5.39. The van der Waals surface area contributed by atoms with E-state index in [2.05, 4.69) is 20.3 Å². The van der Waals surface area contributed by atoms with Crippen LogP contribution < -0.4 is 5.32 Å². The maximum Gasteiger partial charge on any atom is 0.234 e. The van der Waals surface area contributed by atoms with E-state index in [1.54, 1.807) is 12.1 Å². The van der Waals surface area contributed by atoms with Crippen LogP contribution in [0.25, 0.3) is 21.9 Å². The highest BCUT2D eigenvalue weighted by atomic mass is 32.2. The van der Waals surface area contributed by atoms with E-state index in [0.717, 1.165) is 21.9 Å². The first-order valence-corrected chi connectivity index (χ1v) is 8.59. The minimum absolute atomic E-state index is 0.121. The summed E-state index contributed by atoms with van der Waals surface area (Å²) < 4.78 is 13.6. The number of benzene rings is 2. The van der Waals surface area contributed by atoms with Gasteiger partial charge in [0.25, 0.3) is 0 Å². The van der Waals surface area contributed by atoms with Gasteiger partial charge in [-0.1, -0.05) is 42.1 Å². The van der Waals surface area contributed by atoms with Crippen molar-refractivity contribution in [3.05, 3.63) is 60.7 Å². The van der Waals surface area contributed by atoms with Crippen LogP contribution in [0.2, 0.25) is 0 Å². The Balaban J connectivity index is 1.55. The molecule has 25 heavy (non-hydrogen) atoms. The molecular formula is C18H13FN4OS. The van der Waals surface area contributed by atoms with Gasteiger partial charge >= 0.3 is 0 Å². The lowest BCUT2D eigenvalue weighted by Crippen LogP contribution is -2.15. The van der Waals surface area contributed by atoms with Crippen LogP contribution in [0, 0.1) is 5.82 Å². The zero-order chi connectivity index (χ0) is 17.2. The van der Waals surface area contributed by atoms with Gasteiger partial charge < -0.3 is 10.3 Å². The van der Waals surface area contributed by atoms with Gasteiger partial charge in [-0.15, -0.1) is 0 Å². The first-order chi connectivity index (χ1) is 12.2. The molecule has 7 heteroatoms. The lowest BCUT2D eigenvalue weighted by Gasteiger charge is -2.06. The number of carbonyl (C=O) groups excluding carboxylic acids is 1. The second kappa shape index (κ2) is 6.52. The van der Waals surface area contributed by atoms with Crippen LogP contribution in [-0.4, -0.2) is 26.6 Å². The molecule has 0 spiro atoms.